The summed E-state index contributed by atoms with van der Waals surface area (Å²) >= 11 is 0. The molecule has 2 heterocycles. The Balaban J connectivity index is 1.79. The molecule has 1 aliphatic carbocycles. The molecule has 0 aromatic rings. The van der Waals surface area contributed by atoms with Gasteiger partial charge in [-0.15, -0.1) is 0 Å². The lowest BCUT2D eigenvalue weighted by Crippen LogP contribution is -2.54. The highest BCUT2D eigenvalue weighted by molar-refractivity contribution is 6.08. The third kappa shape index (κ3) is 5.67. The van der Waals surface area contributed by atoms with Gasteiger partial charge in [-0.05, 0) is 38.2 Å². The van der Waals surface area contributed by atoms with Gasteiger partial charge in [-0.3, -0.25) is 19.2 Å². The maximum Gasteiger partial charge on any atom is 0.303 e. The normalized spacial score (nSPS) is 27.8. The minimum absolute atomic E-state index is 0.00986. The molecule has 3 unspecified atom stereocenters. The fourth-order valence-corrected chi connectivity index (χ4v) is 4.01. The molecule has 0 aromatic carbocycles. The summed E-state index contributed by atoms with van der Waals surface area (Å²) in [4.78, 5) is 47.5. The number of Topliss-reactive ketones (excluding diaryl/α,β-unsaturated/α-hetero) is 1. The number of ether oxygens (including phenoxy) is 6. The summed E-state index contributed by atoms with van der Waals surface area (Å²) < 4.78 is 33.0. The second-order valence-corrected chi connectivity index (χ2v) is 7.94. The number of hydrogen-bond donors (Lipinski definition) is 0. The Hall–Kier alpha value is -2.88. The average Bonchev–Trinajstić information content (AvgIpc) is 3.31. The molecule has 0 bridgehead atoms. The molecule has 10 heteroatoms. The van der Waals surface area contributed by atoms with Crippen molar-refractivity contribution in [3.8, 4) is 0 Å². The Labute approximate surface area is 185 Å². The number of carbonyl (C=O) groups is 4. The van der Waals surface area contributed by atoms with Crippen LogP contribution in [0.2, 0.25) is 0 Å². The van der Waals surface area contributed by atoms with Gasteiger partial charge in [0.05, 0.1) is 6.42 Å². The Bertz CT molecular complexity index is 847. The van der Waals surface area contributed by atoms with E-state index >= 15 is 0 Å². The Morgan fingerprint density at radius 2 is 1.66 bits per heavy atom. The smallest absolute Gasteiger partial charge is 0.303 e. The van der Waals surface area contributed by atoms with E-state index in [0.717, 1.165) is 31.3 Å². The van der Waals surface area contributed by atoms with Crippen molar-refractivity contribution in [1.82, 2.24) is 0 Å². The van der Waals surface area contributed by atoms with Crippen LogP contribution in [0.5, 0.6) is 0 Å². The summed E-state index contributed by atoms with van der Waals surface area (Å²) in [7, 11) is 0. The SMILES string of the molecule is CC(=O)OCC1OC(OC2=C(C)OC(=C3CCCC3)C2=O)CC(OC(C)=O)[C@@H]1OC(C)=O. The summed E-state index contributed by atoms with van der Waals surface area (Å²) in [6, 6.07) is 0. The lowest BCUT2D eigenvalue weighted by Gasteiger charge is -2.39. The highest BCUT2D eigenvalue weighted by Crippen LogP contribution is 2.36. The molecular formula is C22H28O10. The van der Waals surface area contributed by atoms with Gasteiger partial charge in [0.15, 0.2) is 11.9 Å². The van der Waals surface area contributed by atoms with Crippen molar-refractivity contribution in [1.29, 1.82) is 0 Å². The van der Waals surface area contributed by atoms with Crippen LogP contribution in [0.1, 0.15) is 59.8 Å². The molecule has 2 aliphatic heterocycles. The van der Waals surface area contributed by atoms with E-state index in [-0.39, 0.29) is 24.6 Å². The summed E-state index contributed by atoms with van der Waals surface area (Å²) in [6.07, 6.45) is -0.321. The number of rotatable bonds is 6. The van der Waals surface area contributed by atoms with Gasteiger partial charge in [-0.1, -0.05) is 0 Å². The highest BCUT2D eigenvalue weighted by Gasteiger charge is 2.46. The van der Waals surface area contributed by atoms with Crippen molar-refractivity contribution in [3.63, 3.8) is 0 Å². The fraction of sp³-hybridized carbons (Fsp3) is 0.636. The third-order valence-corrected chi connectivity index (χ3v) is 5.32. The van der Waals surface area contributed by atoms with E-state index in [9.17, 15) is 19.2 Å². The van der Waals surface area contributed by atoms with E-state index in [4.69, 9.17) is 28.4 Å². The molecule has 0 spiro atoms. The molecule has 2 fully saturated rings. The first-order valence-electron chi connectivity index (χ1n) is 10.6. The van der Waals surface area contributed by atoms with Gasteiger partial charge in [-0.25, -0.2) is 0 Å². The molecule has 176 valence electrons. The number of ketones is 1. The molecular weight excluding hydrogens is 424 g/mol. The summed E-state index contributed by atoms with van der Waals surface area (Å²) in [5.41, 5.74) is 0.970. The summed E-state index contributed by atoms with van der Waals surface area (Å²) in [6.45, 7) is 5.01. The van der Waals surface area contributed by atoms with Crippen LogP contribution in [0.15, 0.2) is 22.9 Å². The van der Waals surface area contributed by atoms with Crippen molar-refractivity contribution in [3.05, 3.63) is 22.9 Å². The van der Waals surface area contributed by atoms with Crippen molar-refractivity contribution < 1.29 is 47.6 Å². The molecule has 0 radical (unpaired) electrons. The predicted molar refractivity (Wildman–Crippen MR) is 106 cm³/mol. The Morgan fingerprint density at radius 1 is 1.00 bits per heavy atom. The van der Waals surface area contributed by atoms with Crippen LogP contribution in [0.4, 0.5) is 0 Å². The van der Waals surface area contributed by atoms with Crippen LogP contribution in [0, 0.1) is 0 Å². The first-order chi connectivity index (χ1) is 15.2. The maximum absolute atomic E-state index is 12.9. The van der Waals surface area contributed by atoms with Crippen LogP contribution in [0.3, 0.4) is 0 Å². The topological polar surface area (TPSA) is 124 Å². The van der Waals surface area contributed by atoms with Crippen LogP contribution < -0.4 is 0 Å². The minimum Gasteiger partial charge on any atom is -0.463 e. The molecule has 0 amide bonds. The van der Waals surface area contributed by atoms with Crippen LogP contribution >= 0.6 is 0 Å². The van der Waals surface area contributed by atoms with Gasteiger partial charge in [0.2, 0.25) is 12.0 Å². The van der Waals surface area contributed by atoms with Crippen molar-refractivity contribution in [2.45, 2.75) is 84.4 Å². The van der Waals surface area contributed by atoms with E-state index in [2.05, 4.69) is 0 Å². The first kappa shape index (κ1) is 23.8. The number of carbonyl (C=O) groups excluding carboxylic acids is 4. The lowest BCUT2D eigenvalue weighted by molar-refractivity contribution is -0.257. The average molecular weight is 452 g/mol. The molecule has 4 atom stereocenters. The zero-order chi connectivity index (χ0) is 23.4. The Kier molecular flexibility index (Phi) is 7.55. The Morgan fingerprint density at radius 3 is 2.25 bits per heavy atom. The number of esters is 3. The fourth-order valence-electron chi connectivity index (χ4n) is 4.01. The molecule has 1 saturated carbocycles. The first-order valence-corrected chi connectivity index (χ1v) is 10.6. The minimum atomic E-state index is -1.03. The van der Waals surface area contributed by atoms with Gasteiger partial charge in [0.1, 0.15) is 24.6 Å². The number of allylic oxidation sites excluding steroid dienone is 2. The molecule has 3 rings (SSSR count). The predicted octanol–water partition coefficient (Wildman–Crippen LogP) is 2.20. The summed E-state index contributed by atoms with van der Waals surface area (Å²) in [5.74, 6) is -1.49. The van der Waals surface area contributed by atoms with Crippen LogP contribution in [-0.2, 0) is 47.6 Å². The molecule has 32 heavy (non-hydrogen) atoms. The van der Waals surface area contributed by atoms with Crippen molar-refractivity contribution >= 4 is 23.7 Å². The standard InChI is InChI=1S/C22H28O10/c1-11-20(19(26)21(28-11)15-7-5-6-8-15)32-18-9-16(29-13(3)24)22(30-14(4)25)17(31-18)10-27-12(2)23/h16-18,22H,5-10H2,1-4H3/t16?,17?,18?,22-/m0/s1. The molecule has 10 nitrogen and oxygen atoms in total. The zero-order valence-corrected chi connectivity index (χ0v) is 18.6. The molecule has 0 aromatic heterocycles. The van der Waals surface area contributed by atoms with Gasteiger partial charge in [0.25, 0.3) is 5.78 Å². The van der Waals surface area contributed by atoms with E-state index in [1.54, 1.807) is 6.92 Å². The van der Waals surface area contributed by atoms with Gasteiger partial charge < -0.3 is 28.4 Å². The van der Waals surface area contributed by atoms with Gasteiger partial charge in [-0.2, -0.15) is 0 Å². The largest absolute Gasteiger partial charge is 0.463 e. The van der Waals surface area contributed by atoms with E-state index in [0.29, 0.717) is 11.5 Å². The lowest BCUT2D eigenvalue weighted by atomic mass is 10.0. The van der Waals surface area contributed by atoms with Gasteiger partial charge >= 0.3 is 17.9 Å². The molecule has 0 N–H and O–H groups in total. The zero-order valence-electron chi connectivity index (χ0n) is 18.6. The highest BCUT2D eigenvalue weighted by atomic mass is 16.7. The van der Waals surface area contributed by atoms with Crippen molar-refractivity contribution in [2.24, 2.45) is 0 Å². The monoisotopic (exact) mass is 452 g/mol. The van der Waals surface area contributed by atoms with Crippen LogP contribution in [-0.4, -0.2) is 54.9 Å². The van der Waals surface area contributed by atoms with E-state index in [1.165, 1.54) is 20.8 Å². The van der Waals surface area contributed by atoms with E-state index < -0.39 is 42.5 Å². The van der Waals surface area contributed by atoms with Crippen LogP contribution in [0.25, 0.3) is 0 Å². The second kappa shape index (κ2) is 10.2. The van der Waals surface area contributed by atoms with Gasteiger partial charge in [0, 0.05) is 20.8 Å². The van der Waals surface area contributed by atoms with Crippen molar-refractivity contribution in [2.75, 3.05) is 6.61 Å². The summed E-state index contributed by atoms with van der Waals surface area (Å²) in [5, 5.41) is 0. The molecule has 3 aliphatic rings. The molecule has 1 saturated heterocycles. The quantitative estimate of drug-likeness (QED) is 0.336. The van der Waals surface area contributed by atoms with E-state index in [1.807, 2.05) is 0 Å². The second-order valence-electron chi connectivity index (χ2n) is 7.94. The third-order valence-electron chi connectivity index (χ3n) is 5.32. The maximum atomic E-state index is 12.9. The number of hydrogen-bond acceptors (Lipinski definition) is 10.